The number of carbonyl (C=O) groups is 2. The number of amides is 2. The number of nitrogens with one attached hydrogen (secondary N) is 2. The van der Waals surface area contributed by atoms with Crippen molar-refractivity contribution in [2.75, 3.05) is 13.2 Å². The van der Waals surface area contributed by atoms with Crippen molar-refractivity contribution in [3.63, 3.8) is 0 Å². The summed E-state index contributed by atoms with van der Waals surface area (Å²) in [5, 5.41) is 26.3. The molecular weight excluding hydrogens is 398 g/mol. The van der Waals surface area contributed by atoms with Crippen LogP contribution in [0, 0.1) is 17.8 Å². The Morgan fingerprint density at radius 3 is 2.26 bits per heavy atom. The Hall–Kier alpha value is -1.38. The second-order valence-electron chi connectivity index (χ2n) is 10.1. The molecular formula is C23H47N3O5. The maximum atomic E-state index is 12.4. The average Bonchev–Trinajstić information content (AvgIpc) is 2.64. The van der Waals surface area contributed by atoms with Crippen LogP contribution in [0.2, 0.25) is 0 Å². The quantitative estimate of drug-likeness (QED) is 0.329. The molecule has 0 aromatic heterocycles. The number of ether oxygens (including phenoxy) is 1. The number of aliphatic hydroxyl groups excluding tert-OH is 2. The molecule has 31 heavy (non-hydrogen) atoms. The second-order valence-corrected chi connectivity index (χ2v) is 10.1. The molecule has 8 nitrogen and oxygen atoms in total. The lowest BCUT2D eigenvalue weighted by atomic mass is 9.82. The van der Waals surface area contributed by atoms with Crippen LogP contribution in [-0.2, 0) is 9.53 Å². The van der Waals surface area contributed by atoms with E-state index in [1.54, 1.807) is 20.8 Å². The van der Waals surface area contributed by atoms with E-state index in [0.717, 1.165) is 32.1 Å². The molecule has 0 saturated heterocycles. The first-order valence-electron chi connectivity index (χ1n) is 11.6. The number of rotatable bonds is 11. The third-order valence-corrected chi connectivity index (χ3v) is 5.62. The molecule has 1 aliphatic carbocycles. The van der Waals surface area contributed by atoms with Crippen molar-refractivity contribution < 1.29 is 24.5 Å². The van der Waals surface area contributed by atoms with Gasteiger partial charge in [0.2, 0.25) is 5.91 Å². The first-order valence-corrected chi connectivity index (χ1v) is 11.6. The first-order chi connectivity index (χ1) is 14.0. The molecule has 1 saturated carbocycles. The first kappa shape index (κ1) is 29.6. The van der Waals surface area contributed by atoms with E-state index in [0.29, 0.717) is 24.8 Å². The van der Waals surface area contributed by atoms with Gasteiger partial charge in [-0.3, -0.25) is 4.79 Å². The van der Waals surface area contributed by atoms with Gasteiger partial charge in [-0.1, -0.05) is 46.0 Å². The van der Waals surface area contributed by atoms with Gasteiger partial charge in [-0.15, -0.1) is 0 Å². The summed E-state index contributed by atoms with van der Waals surface area (Å²) in [5.41, 5.74) is -0.631. The average molecular weight is 446 g/mol. The maximum Gasteiger partial charge on any atom is 0.407 e. The molecule has 0 bridgehead atoms. The Morgan fingerprint density at radius 1 is 1.13 bits per heavy atom. The normalized spacial score (nSPS) is 17.9. The summed E-state index contributed by atoms with van der Waals surface area (Å²) in [5.74, 6) is -0.0607. The summed E-state index contributed by atoms with van der Waals surface area (Å²) >= 11 is 0. The number of hydrogen-bond acceptors (Lipinski definition) is 6. The van der Waals surface area contributed by atoms with Gasteiger partial charge >= 0.3 is 6.09 Å². The van der Waals surface area contributed by atoms with E-state index < -0.39 is 29.8 Å². The SMILES string of the molecule is CC(C)CCNC(=O)C(CO)C[C@H](O)[C@H](CC1CCCCC1)NC(=O)OC(C)(C)C.N. The highest BCUT2D eigenvalue weighted by atomic mass is 16.6. The fraction of sp³-hybridized carbons (Fsp3) is 0.913. The number of hydrogen-bond donors (Lipinski definition) is 5. The minimum atomic E-state index is -0.938. The van der Waals surface area contributed by atoms with Gasteiger partial charge in [0.1, 0.15) is 5.60 Å². The fourth-order valence-electron chi connectivity index (χ4n) is 3.90. The van der Waals surface area contributed by atoms with Crippen molar-refractivity contribution in [2.45, 2.75) is 104 Å². The Kier molecular flexibility index (Phi) is 14.0. The van der Waals surface area contributed by atoms with E-state index >= 15 is 0 Å². The molecule has 0 aliphatic heterocycles. The predicted octanol–water partition coefficient (Wildman–Crippen LogP) is 3.53. The third kappa shape index (κ3) is 12.9. The zero-order valence-corrected chi connectivity index (χ0v) is 20.3. The van der Waals surface area contributed by atoms with Crippen LogP contribution in [0.3, 0.4) is 0 Å². The smallest absolute Gasteiger partial charge is 0.407 e. The molecule has 0 heterocycles. The van der Waals surface area contributed by atoms with Crippen LogP contribution in [-0.4, -0.2) is 53.1 Å². The Labute approximate surface area is 188 Å². The number of alkyl carbamates (subject to hydrolysis) is 1. The Balaban J connectivity index is 0.00000900. The van der Waals surface area contributed by atoms with Crippen LogP contribution in [0.4, 0.5) is 4.79 Å². The Bertz CT molecular complexity index is 516. The largest absolute Gasteiger partial charge is 0.444 e. The standard InChI is InChI=1S/C23H44N2O5.H3N/c1-16(2)11-12-24-21(28)18(15-26)14-20(27)19(13-17-9-7-6-8-10-17)25-22(29)30-23(3,4)5;/h16-20,26-27H,6-15H2,1-5H3,(H,24,28)(H,25,29);1H3/t18?,19-,20-;/m0./s1. The zero-order chi connectivity index (χ0) is 22.7. The van der Waals surface area contributed by atoms with E-state index in [2.05, 4.69) is 24.5 Å². The maximum absolute atomic E-state index is 12.4. The van der Waals surface area contributed by atoms with Crippen molar-refractivity contribution in [3.8, 4) is 0 Å². The molecule has 1 rings (SSSR count). The van der Waals surface area contributed by atoms with Crippen molar-refractivity contribution >= 4 is 12.0 Å². The molecule has 8 heteroatoms. The minimum Gasteiger partial charge on any atom is -0.444 e. The summed E-state index contributed by atoms with van der Waals surface area (Å²) in [6.45, 7) is 9.75. The van der Waals surface area contributed by atoms with Gasteiger partial charge in [-0.2, -0.15) is 0 Å². The van der Waals surface area contributed by atoms with Crippen LogP contribution in [0.25, 0.3) is 0 Å². The van der Waals surface area contributed by atoms with E-state index in [-0.39, 0.29) is 25.1 Å². The molecule has 184 valence electrons. The Morgan fingerprint density at radius 2 is 1.74 bits per heavy atom. The highest BCUT2D eigenvalue weighted by molar-refractivity contribution is 5.78. The number of carbonyl (C=O) groups excluding carboxylic acids is 2. The van der Waals surface area contributed by atoms with Gasteiger partial charge in [-0.25, -0.2) is 4.79 Å². The van der Waals surface area contributed by atoms with E-state index in [1.165, 1.54) is 6.42 Å². The molecule has 0 radical (unpaired) electrons. The van der Waals surface area contributed by atoms with Crippen molar-refractivity contribution in [3.05, 3.63) is 0 Å². The summed E-state index contributed by atoms with van der Waals surface area (Å²) < 4.78 is 5.37. The van der Waals surface area contributed by atoms with E-state index in [4.69, 9.17) is 4.74 Å². The van der Waals surface area contributed by atoms with Gasteiger partial charge in [0, 0.05) is 6.54 Å². The lowest BCUT2D eigenvalue weighted by Gasteiger charge is -2.32. The molecule has 0 aromatic carbocycles. The van der Waals surface area contributed by atoms with Crippen molar-refractivity contribution in [1.82, 2.24) is 16.8 Å². The zero-order valence-electron chi connectivity index (χ0n) is 20.3. The lowest BCUT2D eigenvalue weighted by molar-refractivity contribution is -0.127. The van der Waals surface area contributed by atoms with Crippen LogP contribution in [0.1, 0.15) is 86.0 Å². The molecule has 1 unspecified atom stereocenters. The van der Waals surface area contributed by atoms with Gasteiger partial charge in [0.25, 0.3) is 0 Å². The summed E-state index contributed by atoms with van der Waals surface area (Å²) in [7, 11) is 0. The third-order valence-electron chi connectivity index (χ3n) is 5.62. The minimum absolute atomic E-state index is 0. The molecule has 2 amide bonds. The highest BCUT2D eigenvalue weighted by Crippen LogP contribution is 2.29. The van der Waals surface area contributed by atoms with E-state index in [9.17, 15) is 19.8 Å². The molecule has 7 N–H and O–H groups in total. The topological polar surface area (TPSA) is 143 Å². The molecule has 1 aliphatic rings. The summed E-state index contributed by atoms with van der Waals surface area (Å²) in [6, 6.07) is -0.513. The van der Waals surface area contributed by atoms with Gasteiger partial charge < -0.3 is 31.7 Å². The van der Waals surface area contributed by atoms with Crippen molar-refractivity contribution in [2.24, 2.45) is 17.8 Å². The molecule has 3 atom stereocenters. The number of aliphatic hydroxyl groups is 2. The molecule has 0 spiro atoms. The van der Waals surface area contributed by atoms with Crippen LogP contribution < -0.4 is 16.8 Å². The molecule has 0 aromatic rings. The van der Waals surface area contributed by atoms with Crippen LogP contribution in [0.15, 0.2) is 0 Å². The highest BCUT2D eigenvalue weighted by Gasteiger charge is 2.31. The van der Waals surface area contributed by atoms with Gasteiger partial charge in [-0.05, 0) is 51.9 Å². The fourth-order valence-corrected chi connectivity index (χ4v) is 3.90. The second kappa shape index (κ2) is 14.6. The van der Waals surface area contributed by atoms with Gasteiger partial charge in [0.15, 0.2) is 0 Å². The van der Waals surface area contributed by atoms with E-state index in [1.807, 2.05) is 0 Å². The van der Waals surface area contributed by atoms with Crippen molar-refractivity contribution in [1.29, 1.82) is 0 Å². The summed E-state index contributed by atoms with van der Waals surface area (Å²) in [4.78, 5) is 24.8. The summed E-state index contributed by atoms with van der Waals surface area (Å²) in [6.07, 6.45) is 5.82. The van der Waals surface area contributed by atoms with Gasteiger partial charge in [0.05, 0.1) is 24.7 Å². The monoisotopic (exact) mass is 445 g/mol. The van der Waals surface area contributed by atoms with Crippen LogP contribution >= 0.6 is 0 Å². The lowest BCUT2D eigenvalue weighted by Crippen LogP contribution is -2.48. The molecule has 1 fully saturated rings. The van der Waals surface area contributed by atoms with Crippen LogP contribution in [0.5, 0.6) is 0 Å². The predicted molar refractivity (Wildman–Crippen MR) is 123 cm³/mol.